The number of fused-ring (bicyclic) bond motifs is 1. The van der Waals surface area contributed by atoms with E-state index in [1.54, 1.807) is 31.4 Å². The van der Waals surface area contributed by atoms with Gasteiger partial charge in [0.05, 0.1) is 28.9 Å². The molecule has 0 bridgehead atoms. The lowest BCUT2D eigenvalue weighted by Gasteiger charge is -2.20. The Labute approximate surface area is 214 Å². The second kappa shape index (κ2) is 10.3. The van der Waals surface area contributed by atoms with Gasteiger partial charge in [-0.25, -0.2) is 9.67 Å². The summed E-state index contributed by atoms with van der Waals surface area (Å²) in [5.41, 5.74) is 2.57. The normalized spacial score (nSPS) is 12.2. The molecule has 3 heterocycles. The summed E-state index contributed by atoms with van der Waals surface area (Å²) < 4.78 is 35.4. The number of aromatic nitrogens is 3. The van der Waals surface area contributed by atoms with E-state index in [-0.39, 0.29) is 33.2 Å². The van der Waals surface area contributed by atoms with Crippen LogP contribution in [0.15, 0.2) is 45.9 Å². The van der Waals surface area contributed by atoms with Crippen LogP contribution in [0.25, 0.3) is 22.3 Å². The molecule has 3 aromatic heterocycles. The summed E-state index contributed by atoms with van der Waals surface area (Å²) in [7, 11) is 0. The first-order valence-corrected chi connectivity index (χ1v) is 12.4. The summed E-state index contributed by atoms with van der Waals surface area (Å²) >= 11 is 7.14. The predicted octanol–water partition coefficient (Wildman–Crippen LogP) is 5.90. The number of nitrogens with zero attached hydrogens (tertiary/aromatic N) is 3. The van der Waals surface area contributed by atoms with Gasteiger partial charge in [-0.05, 0) is 44.5 Å². The van der Waals surface area contributed by atoms with Crippen LogP contribution in [0.5, 0.6) is 0 Å². The molecule has 0 radical (unpaired) electrons. The van der Waals surface area contributed by atoms with Gasteiger partial charge in [-0.3, -0.25) is 14.3 Å². The number of pyridine rings is 1. The molecule has 0 saturated heterocycles. The van der Waals surface area contributed by atoms with Gasteiger partial charge in [-0.1, -0.05) is 29.6 Å². The molecule has 0 spiro atoms. The Morgan fingerprint density at radius 3 is 2.67 bits per heavy atom. The number of aryl methyl sites for hydroxylation is 1. The average Bonchev–Trinajstić information content (AvgIpc) is 3.33. The van der Waals surface area contributed by atoms with E-state index < -0.39 is 18.5 Å². The zero-order chi connectivity index (χ0) is 26.1. The SMILES string of the molecule is CSNC(=O)c1nc(Cl)ccc1NC(C)c1cc(C)cc2c(=O)c(C)c(-c3cnn(C(F)F)c3)oc12. The predicted molar refractivity (Wildman–Crippen MR) is 137 cm³/mol. The lowest BCUT2D eigenvalue weighted by atomic mass is 9.99. The molecule has 4 rings (SSSR count). The number of nitrogens with one attached hydrogen (secondary N) is 2. The van der Waals surface area contributed by atoms with Crippen LogP contribution in [0.4, 0.5) is 14.5 Å². The van der Waals surface area contributed by atoms with E-state index in [2.05, 4.69) is 20.1 Å². The molecule has 1 aromatic carbocycles. The second-order valence-electron chi connectivity index (χ2n) is 8.13. The highest BCUT2D eigenvalue weighted by Crippen LogP contribution is 2.33. The molecule has 0 aliphatic heterocycles. The van der Waals surface area contributed by atoms with Crippen molar-refractivity contribution in [3.8, 4) is 11.3 Å². The van der Waals surface area contributed by atoms with Gasteiger partial charge in [0.1, 0.15) is 16.5 Å². The Morgan fingerprint density at radius 2 is 2.00 bits per heavy atom. The number of carbonyl (C=O) groups is 1. The van der Waals surface area contributed by atoms with Crippen molar-refractivity contribution in [2.75, 3.05) is 11.6 Å². The highest BCUT2D eigenvalue weighted by Gasteiger charge is 2.22. The zero-order valence-corrected chi connectivity index (χ0v) is 21.3. The standard InChI is InChI=1S/C24H22ClF2N5O3S/c1-11-7-15(13(3)29-17-5-6-18(25)30-19(17)23(34)31-36-4)22-16(8-11)20(33)12(2)21(35-22)14-9-28-32(10-14)24(26)27/h5-10,13,24,29H,1-4H3,(H,31,34). The maximum Gasteiger partial charge on any atom is 0.333 e. The van der Waals surface area contributed by atoms with Crippen molar-refractivity contribution in [3.05, 3.63) is 74.4 Å². The average molecular weight is 534 g/mol. The Hall–Kier alpha value is -3.44. The van der Waals surface area contributed by atoms with Gasteiger partial charge in [-0.2, -0.15) is 13.9 Å². The molecule has 0 saturated carbocycles. The molecular weight excluding hydrogens is 512 g/mol. The number of rotatable bonds is 7. The molecule has 0 aliphatic rings. The fourth-order valence-corrected chi connectivity index (χ4v) is 4.33. The van der Waals surface area contributed by atoms with Crippen LogP contribution in [0.3, 0.4) is 0 Å². The minimum absolute atomic E-state index is 0.109. The lowest BCUT2D eigenvalue weighted by Crippen LogP contribution is -2.20. The first-order chi connectivity index (χ1) is 17.1. The number of hydrogen-bond donors (Lipinski definition) is 2. The maximum absolute atomic E-state index is 13.3. The lowest BCUT2D eigenvalue weighted by molar-refractivity contribution is 0.0566. The first-order valence-electron chi connectivity index (χ1n) is 10.8. The molecule has 36 heavy (non-hydrogen) atoms. The fourth-order valence-electron chi connectivity index (χ4n) is 3.90. The summed E-state index contributed by atoms with van der Waals surface area (Å²) in [4.78, 5) is 29.9. The molecular formula is C24H22ClF2N5O3S. The molecule has 0 fully saturated rings. The van der Waals surface area contributed by atoms with Crippen molar-refractivity contribution in [1.82, 2.24) is 19.5 Å². The van der Waals surface area contributed by atoms with E-state index in [0.717, 1.165) is 23.7 Å². The number of anilines is 1. The molecule has 188 valence electrons. The quantitative estimate of drug-likeness (QED) is 0.225. The number of amides is 1. The first kappa shape index (κ1) is 25.6. The Morgan fingerprint density at radius 1 is 1.25 bits per heavy atom. The number of halogens is 3. The number of carbonyl (C=O) groups excluding carboxylic acids is 1. The largest absolute Gasteiger partial charge is 0.455 e. The highest BCUT2D eigenvalue weighted by atomic mass is 35.5. The fraction of sp³-hybridized carbons (Fsp3) is 0.250. The third-order valence-corrected chi connectivity index (χ3v) is 6.17. The van der Waals surface area contributed by atoms with Crippen LogP contribution in [-0.2, 0) is 0 Å². The summed E-state index contributed by atoms with van der Waals surface area (Å²) in [6, 6.07) is 6.33. The van der Waals surface area contributed by atoms with Gasteiger partial charge in [-0.15, -0.1) is 0 Å². The molecule has 1 unspecified atom stereocenters. The van der Waals surface area contributed by atoms with Crippen LogP contribution >= 0.6 is 23.5 Å². The maximum atomic E-state index is 13.3. The van der Waals surface area contributed by atoms with Crippen molar-refractivity contribution < 1.29 is 18.0 Å². The van der Waals surface area contributed by atoms with E-state index in [4.69, 9.17) is 16.0 Å². The smallest absolute Gasteiger partial charge is 0.333 e. The van der Waals surface area contributed by atoms with Gasteiger partial charge >= 0.3 is 6.55 Å². The summed E-state index contributed by atoms with van der Waals surface area (Å²) in [6.07, 6.45) is 4.08. The number of alkyl halides is 2. The van der Waals surface area contributed by atoms with Gasteiger partial charge in [0.15, 0.2) is 11.1 Å². The van der Waals surface area contributed by atoms with Crippen LogP contribution < -0.4 is 15.5 Å². The molecule has 8 nitrogen and oxygen atoms in total. The minimum Gasteiger partial charge on any atom is -0.455 e. The van der Waals surface area contributed by atoms with Crippen molar-refractivity contribution >= 4 is 46.1 Å². The zero-order valence-electron chi connectivity index (χ0n) is 19.7. The van der Waals surface area contributed by atoms with E-state index in [0.29, 0.717) is 26.9 Å². The highest BCUT2D eigenvalue weighted by molar-refractivity contribution is 7.97. The van der Waals surface area contributed by atoms with Crippen molar-refractivity contribution in [2.45, 2.75) is 33.4 Å². The Bertz CT molecular complexity index is 1520. The van der Waals surface area contributed by atoms with Crippen LogP contribution in [-0.4, -0.2) is 26.9 Å². The van der Waals surface area contributed by atoms with E-state index >= 15 is 0 Å². The van der Waals surface area contributed by atoms with Gasteiger partial charge in [0.25, 0.3) is 5.91 Å². The number of hydrogen-bond acceptors (Lipinski definition) is 7. The van der Waals surface area contributed by atoms with Gasteiger partial charge in [0.2, 0.25) is 0 Å². The minimum atomic E-state index is -2.82. The summed E-state index contributed by atoms with van der Waals surface area (Å²) in [5.74, 6) is -0.265. The molecule has 1 atom stereocenters. The topological polar surface area (TPSA) is 102 Å². The van der Waals surface area contributed by atoms with E-state index in [9.17, 15) is 18.4 Å². The molecule has 0 aliphatic carbocycles. The number of benzene rings is 1. The third-order valence-electron chi connectivity index (χ3n) is 5.57. The molecule has 1 amide bonds. The molecule has 2 N–H and O–H groups in total. The summed E-state index contributed by atoms with van der Waals surface area (Å²) in [6.45, 7) is 2.46. The van der Waals surface area contributed by atoms with Crippen LogP contribution in [0, 0.1) is 13.8 Å². The molecule has 12 heteroatoms. The monoisotopic (exact) mass is 533 g/mol. The van der Waals surface area contributed by atoms with E-state index in [1.165, 1.54) is 6.20 Å². The Balaban J connectivity index is 1.84. The van der Waals surface area contributed by atoms with Crippen molar-refractivity contribution in [2.24, 2.45) is 0 Å². The van der Waals surface area contributed by atoms with Crippen LogP contribution in [0.1, 0.15) is 46.7 Å². The summed E-state index contributed by atoms with van der Waals surface area (Å²) in [5, 5.41) is 7.43. The Kier molecular flexibility index (Phi) is 7.32. The van der Waals surface area contributed by atoms with Gasteiger partial charge in [0, 0.05) is 23.6 Å². The van der Waals surface area contributed by atoms with Gasteiger partial charge < -0.3 is 9.73 Å². The second-order valence-corrected chi connectivity index (χ2v) is 9.13. The van der Waals surface area contributed by atoms with Crippen molar-refractivity contribution in [1.29, 1.82) is 0 Å². The van der Waals surface area contributed by atoms with Crippen molar-refractivity contribution in [3.63, 3.8) is 0 Å². The van der Waals surface area contributed by atoms with Crippen LogP contribution in [0.2, 0.25) is 5.15 Å². The van der Waals surface area contributed by atoms with E-state index in [1.807, 2.05) is 19.9 Å². The third kappa shape index (κ3) is 4.93. The molecule has 4 aromatic rings.